The van der Waals surface area contributed by atoms with Crippen molar-refractivity contribution < 1.29 is 4.79 Å². The summed E-state index contributed by atoms with van der Waals surface area (Å²) in [5.41, 5.74) is 2.43. The summed E-state index contributed by atoms with van der Waals surface area (Å²) in [6, 6.07) is 10.2. The molecule has 1 atom stereocenters. The van der Waals surface area contributed by atoms with Gasteiger partial charge in [-0.3, -0.25) is 14.2 Å². The quantitative estimate of drug-likeness (QED) is 0.480. The maximum absolute atomic E-state index is 13.5. The van der Waals surface area contributed by atoms with E-state index in [0.29, 0.717) is 11.7 Å². The van der Waals surface area contributed by atoms with Crippen LogP contribution in [0.2, 0.25) is 0 Å². The van der Waals surface area contributed by atoms with E-state index in [-0.39, 0.29) is 16.7 Å². The molecule has 4 rings (SSSR count). The van der Waals surface area contributed by atoms with Crippen molar-refractivity contribution in [1.82, 2.24) is 14.9 Å². The normalized spacial score (nSPS) is 14.6. The van der Waals surface area contributed by atoms with Crippen LogP contribution in [-0.4, -0.2) is 27.8 Å². The number of aromatic nitrogens is 2. The molecule has 1 aromatic carbocycles. The third-order valence-electron chi connectivity index (χ3n) is 5.40. The SMILES string of the molecule is CNC(=O)C(C)Sc1nc2sc3c(c2c(=O)n1CCc1ccccc1)CCCC3. The number of hydrogen-bond donors (Lipinski definition) is 1. The molecule has 2 heterocycles. The van der Waals surface area contributed by atoms with Crippen molar-refractivity contribution >= 4 is 39.2 Å². The summed E-state index contributed by atoms with van der Waals surface area (Å²) in [6.45, 7) is 2.40. The Morgan fingerprint density at radius 2 is 2.03 bits per heavy atom. The van der Waals surface area contributed by atoms with E-state index in [2.05, 4.69) is 17.4 Å². The number of thioether (sulfide) groups is 1. The first-order valence-corrected chi connectivity index (χ1v) is 11.8. The lowest BCUT2D eigenvalue weighted by atomic mass is 9.97. The predicted octanol–water partition coefficient (Wildman–Crippen LogP) is 3.81. The van der Waals surface area contributed by atoms with Gasteiger partial charge in [-0.25, -0.2) is 4.98 Å². The van der Waals surface area contributed by atoms with Crippen molar-refractivity contribution in [3.8, 4) is 0 Å². The topological polar surface area (TPSA) is 64.0 Å². The highest BCUT2D eigenvalue weighted by Crippen LogP contribution is 2.35. The molecule has 1 amide bonds. The Morgan fingerprint density at radius 1 is 1.28 bits per heavy atom. The van der Waals surface area contributed by atoms with Gasteiger partial charge in [-0.2, -0.15) is 0 Å². The molecule has 1 aliphatic carbocycles. The lowest BCUT2D eigenvalue weighted by Crippen LogP contribution is -2.29. The van der Waals surface area contributed by atoms with Gasteiger partial charge in [0.25, 0.3) is 5.56 Å². The average molecular weight is 428 g/mol. The number of thiophene rings is 1. The number of nitrogens with one attached hydrogen (secondary N) is 1. The molecule has 7 heteroatoms. The van der Waals surface area contributed by atoms with Gasteiger partial charge in [0.2, 0.25) is 5.91 Å². The Balaban J connectivity index is 1.77. The van der Waals surface area contributed by atoms with Gasteiger partial charge in [0, 0.05) is 18.5 Å². The summed E-state index contributed by atoms with van der Waals surface area (Å²) in [4.78, 5) is 32.6. The fourth-order valence-electron chi connectivity index (χ4n) is 3.81. The van der Waals surface area contributed by atoms with E-state index >= 15 is 0 Å². The number of hydrogen-bond acceptors (Lipinski definition) is 5. The molecule has 0 bridgehead atoms. The first-order valence-electron chi connectivity index (χ1n) is 10.1. The van der Waals surface area contributed by atoms with Crippen LogP contribution in [0.4, 0.5) is 0 Å². The molecule has 29 heavy (non-hydrogen) atoms. The van der Waals surface area contributed by atoms with Crippen molar-refractivity contribution in [2.75, 3.05) is 7.05 Å². The van der Waals surface area contributed by atoms with Crippen LogP contribution in [0.3, 0.4) is 0 Å². The molecule has 0 saturated carbocycles. The summed E-state index contributed by atoms with van der Waals surface area (Å²) in [6.07, 6.45) is 5.06. The van der Waals surface area contributed by atoms with Crippen molar-refractivity contribution in [3.63, 3.8) is 0 Å². The van der Waals surface area contributed by atoms with E-state index in [1.807, 2.05) is 25.1 Å². The number of carbonyl (C=O) groups is 1. The number of rotatable bonds is 6. The number of carbonyl (C=O) groups excluding carboxylic acids is 1. The van der Waals surface area contributed by atoms with Gasteiger partial charge in [-0.05, 0) is 50.2 Å². The van der Waals surface area contributed by atoms with E-state index in [0.717, 1.165) is 35.9 Å². The monoisotopic (exact) mass is 427 g/mol. The van der Waals surface area contributed by atoms with Crippen molar-refractivity contribution in [2.24, 2.45) is 0 Å². The van der Waals surface area contributed by atoms with E-state index in [9.17, 15) is 9.59 Å². The maximum Gasteiger partial charge on any atom is 0.263 e. The van der Waals surface area contributed by atoms with E-state index < -0.39 is 0 Å². The van der Waals surface area contributed by atoms with Gasteiger partial charge in [0.15, 0.2) is 5.16 Å². The standard InChI is InChI=1S/C22H25N3O2S2/c1-14(19(26)23-2)28-22-24-20-18(16-10-6-7-11-17(16)29-20)21(27)25(22)13-12-15-8-4-3-5-9-15/h3-5,8-9,14H,6-7,10-13H2,1-2H3,(H,23,26). The van der Waals surface area contributed by atoms with Gasteiger partial charge in [-0.15, -0.1) is 11.3 Å². The van der Waals surface area contributed by atoms with Gasteiger partial charge in [0.1, 0.15) is 4.83 Å². The third kappa shape index (κ3) is 4.12. The maximum atomic E-state index is 13.5. The fraction of sp³-hybridized carbons (Fsp3) is 0.409. The molecule has 152 valence electrons. The second-order valence-electron chi connectivity index (χ2n) is 7.35. The highest BCUT2D eigenvalue weighted by molar-refractivity contribution is 8.00. The minimum atomic E-state index is -0.318. The molecule has 1 aliphatic rings. The van der Waals surface area contributed by atoms with Crippen LogP contribution in [0.15, 0.2) is 40.3 Å². The van der Waals surface area contributed by atoms with E-state index in [1.54, 1.807) is 23.0 Å². The lowest BCUT2D eigenvalue weighted by molar-refractivity contribution is -0.119. The first-order chi connectivity index (χ1) is 14.1. The van der Waals surface area contributed by atoms with Crippen LogP contribution in [0, 0.1) is 0 Å². The Bertz CT molecular complexity index is 1090. The van der Waals surface area contributed by atoms with Crippen LogP contribution in [0.25, 0.3) is 10.2 Å². The van der Waals surface area contributed by atoms with Crippen LogP contribution in [0.5, 0.6) is 0 Å². The average Bonchev–Trinajstić information content (AvgIpc) is 3.12. The second-order valence-corrected chi connectivity index (χ2v) is 9.74. The van der Waals surface area contributed by atoms with Gasteiger partial charge in [0.05, 0.1) is 10.6 Å². The van der Waals surface area contributed by atoms with Crippen molar-refractivity contribution in [1.29, 1.82) is 0 Å². The molecule has 0 spiro atoms. The first kappa shape index (κ1) is 20.2. The number of amides is 1. The lowest BCUT2D eigenvalue weighted by Gasteiger charge is -2.15. The van der Waals surface area contributed by atoms with E-state index in [4.69, 9.17) is 4.98 Å². The molecule has 0 saturated heterocycles. The van der Waals surface area contributed by atoms with Gasteiger partial charge >= 0.3 is 0 Å². The van der Waals surface area contributed by atoms with Crippen molar-refractivity contribution in [3.05, 3.63) is 56.7 Å². The zero-order valence-corrected chi connectivity index (χ0v) is 18.4. The highest BCUT2D eigenvalue weighted by Gasteiger charge is 2.24. The Morgan fingerprint density at radius 3 is 2.79 bits per heavy atom. The zero-order valence-electron chi connectivity index (χ0n) is 16.7. The molecular formula is C22H25N3O2S2. The molecule has 5 nitrogen and oxygen atoms in total. The minimum Gasteiger partial charge on any atom is -0.358 e. The Kier molecular flexibility index (Phi) is 6.06. The molecular weight excluding hydrogens is 402 g/mol. The summed E-state index contributed by atoms with van der Waals surface area (Å²) < 4.78 is 1.78. The van der Waals surface area contributed by atoms with Crippen LogP contribution in [-0.2, 0) is 30.6 Å². The molecule has 0 fully saturated rings. The Labute approximate surface area is 178 Å². The largest absolute Gasteiger partial charge is 0.358 e. The molecule has 1 unspecified atom stereocenters. The summed E-state index contributed by atoms with van der Waals surface area (Å²) in [5, 5.41) is 3.80. The van der Waals surface area contributed by atoms with Gasteiger partial charge in [-0.1, -0.05) is 42.1 Å². The second kappa shape index (κ2) is 8.71. The molecule has 2 aromatic heterocycles. The highest BCUT2D eigenvalue weighted by atomic mass is 32.2. The summed E-state index contributed by atoms with van der Waals surface area (Å²) in [7, 11) is 1.63. The van der Waals surface area contributed by atoms with Crippen molar-refractivity contribution in [2.45, 2.75) is 56.0 Å². The number of aryl methyl sites for hydroxylation is 3. The number of benzene rings is 1. The minimum absolute atomic E-state index is 0.0388. The fourth-order valence-corrected chi connectivity index (χ4v) is 6.10. The van der Waals surface area contributed by atoms with E-state index in [1.165, 1.54) is 34.2 Å². The summed E-state index contributed by atoms with van der Waals surface area (Å²) >= 11 is 3.01. The van der Waals surface area contributed by atoms with Gasteiger partial charge < -0.3 is 5.32 Å². The molecule has 0 aliphatic heterocycles. The summed E-state index contributed by atoms with van der Waals surface area (Å²) in [5.74, 6) is -0.0653. The van der Waals surface area contributed by atoms with Crippen LogP contribution >= 0.6 is 23.1 Å². The van der Waals surface area contributed by atoms with Crippen LogP contribution < -0.4 is 10.9 Å². The molecule has 0 radical (unpaired) electrons. The molecule has 3 aromatic rings. The molecule has 1 N–H and O–H groups in total. The zero-order chi connectivity index (χ0) is 20.4. The third-order valence-corrected chi connectivity index (χ3v) is 7.68. The predicted molar refractivity (Wildman–Crippen MR) is 120 cm³/mol. The Hall–Kier alpha value is -2.12. The number of nitrogens with zero attached hydrogens (tertiary/aromatic N) is 2. The smallest absolute Gasteiger partial charge is 0.263 e. The number of fused-ring (bicyclic) bond motifs is 3. The van der Waals surface area contributed by atoms with Crippen LogP contribution in [0.1, 0.15) is 35.8 Å².